The Morgan fingerprint density at radius 1 is 1.29 bits per heavy atom. The molecule has 1 aromatic rings. The first-order valence-corrected chi connectivity index (χ1v) is 8.54. The van der Waals surface area contributed by atoms with Gasteiger partial charge in [0.2, 0.25) is 5.91 Å². The lowest BCUT2D eigenvalue weighted by molar-refractivity contribution is -0.134. The van der Waals surface area contributed by atoms with Gasteiger partial charge in [0.15, 0.2) is 0 Å². The van der Waals surface area contributed by atoms with Crippen LogP contribution in [0.15, 0.2) is 18.2 Å². The number of hydrogen-bond acceptors (Lipinski definition) is 2. The van der Waals surface area contributed by atoms with E-state index in [-0.39, 0.29) is 30.2 Å². The molecule has 2 fully saturated rings. The molecule has 2 unspecified atom stereocenters. The molecule has 1 heterocycles. The summed E-state index contributed by atoms with van der Waals surface area (Å²) in [6, 6.07) is 3.50. The average Bonchev–Trinajstić information content (AvgIpc) is 3.35. The molecule has 1 N–H and O–H groups in total. The Labute approximate surface area is 148 Å². The Bertz CT molecular complexity index is 576. The lowest BCUT2D eigenvalue weighted by Crippen LogP contribution is -2.41. The summed E-state index contributed by atoms with van der Waals surface area (Å²) in [5.74, 6) is -0.427. The van der Waals surface area contributed by atoms with Crippen molar-refractivity contribution in [3.8, 4) is 0 Å². The quantitative estimate of drug-likeness (QED) is 0.875. The van der Waals surface area contributed by atoms with Gasteiger partial charge in [-0.2, -0.15) is 0 Å². The van der Waals surface area contributed by atoms with E-state index in [1.165, 1.54) is 6.07 Å². The normalized spacial score (nSPS) is 23.7. The zero-order valence-corrected chi connectivity index (χ0v) is 14.7. The smallest absolute Gasteiger partial charge is 0.226 e. The molecular weight excluding hydrogens is 334 g/mol. The molecule has 1 saturated heterocycles. The summed E-state index contributed by atoms with van der Waals surface area (Å²) in [4.78, 5) is 14.5. The summed E-state index contributed by atoms with van der Waals surface area (Å²) in [7, 11) is 0. The molecule has 0 spiro atoms. The second-order valence-corrected chi connectivity index (χ2v) is 6.69. The van der Waals surface area contributed by atoms with E-state index in [1.807, 2.05) is 4.90 Å². The van der Waals surface area contributed by atoms with E-state index in [2.05, 4.69) is 12.2 Å². The van der Waals surface area contributed by atoms with Gasteiger partial charge >= 0.3 is 0 Å². The molecule has 6 heteroatoms. The fraction of sp³-hybridized carbons (Fsp3) is 0.611. The van der Waals surface area contributed by atoms with Crippen molar-refractivity contribution in [1.29, 1.82) is 0 Å². The van der Waals surface area contributed by atoms with Crippen LogP contribution >= 0.6 is 12.4 Å². The van der Waals surface area contributed by atoms with Crippen molar-refractivity contribution in [3.05, 3.63) is 35.4 Å². The number of carbonyl (C=O) groups is 1. The third-order valence-corrected chi connectivity index (χ3v) is 5.07. The van der Waals surface area contributed by atoms with Crippen LogP contribution in [-0.2, 0) is 4.79 Å². The molecule has 3 rings (SSSR count). The Morgan fingerprint density at radius 2 is 2.00 bits per heavy atom. The molecule has 2 aliphatic rings. The van der Waals surface area contributed by atoms with Crippen LogP contribution < -0.4 is 5.32 Å². The standard InChI is InChI=1S/C18H24F2N2O.ClH/c1-2-21-11-12-5-7-22(8-6-12)18(23)16-10-14(16)15-9-13(19)3-4-17(15)20;/h3-4,9,12,14,16,21H,2,5-8,10-11H2,1H3;1H. The molecule has 0 aromatic heterocycles. The monoisotopic (exact) mass is 358 g/mol. The van der Waals surface area contributed by atoms with Gasteiger partial charge < -0.3 is 10.2 Å². The number of piperidine rings is 1. The Morgan fingerprint density at radius 3 is 2.67 bits per heavy atom. The maximum atomic E-state index is 13.8. The summed E-state index contributed by atoms with van der Waals surface area (Å²) in [6.07, 6.45) is 2.67. The molecule has 0 radical (unpaired) electrons. The minimum absolute atomic E-state index is 0. The second kappa shape index (κ2) is 8.26. The molecule has 2 atom stereocenters. The third-order valence-electron chi connectivity index (χ3n) is 5.07. The Balaban J connectivity index is 0.00000208. The molecule has 0 bridgehead atoms. The molecule has 1 saturated carbocycles. The van der Waals surface area contributed by atoms with Gasteiger partial charge in [-0.05, 0) is 68.0 Å². The SMILES string of the molecule is CCNCC1CCN(C(=O)C2CC2c2cc(F)ccc2F)CC1.Cl. The maximum absolute atomic E-state index is 13.8. The topological polar surface area (TPSA) is 32.3 Å². The van der Waals surface area contributed by atoms with Crippen LogP contribution in [0.25, 0.3) is 0 Å². The first kappa shape index (κ1) is 19.1. The van der Waals surface area contributed by atoms with E-state index in [0.717, 1.165) is 51.2 Å². The highest BCUT2D eigenvalue weighted by Gasteiger charge is 2.47. The van der Waals surface area contributed by atoms with Crippen molar-refractivity contribution < 1.29 is 13.6 Å². The van der Waals surface area contributed by atoms with Gasteiger partial charge in [0, 0.05) is 19.0 Å². The highest BCUT2D eigenvalue weighted by atomic mass is 35.5. The minimum Gasteiger partial charge on any atom is -0.342 e. The van der Waals surface area contributed by atoms with E-state index in [1.54, 1.807) is 0 Å². The first-order chi connectivity index (χ1) is 11.1. The summed E-state index contributed by atoms with van der Waals surface area (Å²) in [5.41, 5.74) is 0.352. The fourth-order valence-electron chi connectivity index (χ4n) is 3.55. The average molecular weight is 359 g/mol. The molecule has 1 amide bonds. The minimum atomic E-state index is -0.441. The van der Waals surface area contributed by atoms with Crippen LogP contribution in [0.5, 0.6) is 0 Å². The van der Waals surface area contributed by atoms with Gasteiger partial charge in [-0.25, -0.2) is 8.78 Å². The van der Waals surface area contributed by atoms with Gasteiger partial charge in [-0.3, -0.25) is 4.79 Å². The maximum Gasteiger partial charge on any atom is 0.226 e. The molecule has 1 aromatic carbocycles. The number of likely N-dealkylation sites (tertiary alicyclic amines) is 1. The number of rotatable bonds is 5. The molecule has 1 aliphatic carbocycles. The fourth-order valence-corrected chi connectivity index (χ4v) is 3.55. The molecule has 3 nitrogen and oxygen atoms in total. The van der Waals surface area contributed by atoms with Crippen LogP contribution in [0.2, 0.25) is 0 Å². The molecular formula is C18H25ClF2N2O. The van der Waals surface area contributed by atoms with Crippen molar-refractivity contribution >= 4 is 18.3 Å². The third kappa shape index (κ3) is 4.25. The van der Waals surface area contributed by atoms with Gasteiger partial charge in [-0.15, -0.1) is 12.4 Å². The van der Waals surface area contributed by atoms with E-state index in [9.17, 15) is 13.6 Å². The number of amides is 1. The number of hydrogen-bond donors (Lipinski definition) is 1. The van der Waals surface area contributed by atoms with Crippen molar-refractivity contribution in [1.82, 2.24) is 10.2 Å². The zero-order valence-electron chi connectivity index (χ0n) is 13.9. The van der Waals surface area contributed by atoms with Crippen molar-refractivity contribution in [2.75, 3.05) is 26.2 Å². The number of nitrogens with one attached hydrogen (secondary N) is 1. The number of carbonyl (C=O) groups excluding carboxylic acids is 1. The summed E-state index contributed by atoms with van der Waals surface area (Å²) >= 11 is 0. The molecule has 134 valence electrons. The summed E-state index contributed by atoms with van der Waals surface area (Å²) in [5, 5.41) is 3.36. The molecule has 1 aliphatic heterocycles. The van der Waals surface area contributed by atoms with Crippen molar-refractivity contribution in [2.24, 2.45) is 11.8 Å². The number of benzene rings is 1. The van der Waals surface area contributed by atoms with E-state index >= 15 is 0 Å². The predicted molar refractivity (Wildman–Crippen MR) is 92.3 cm³/mol. The predicted octanol–water partition coefficient (Wildman–Crippen LogP) is 3.34. The van der Waals surface area contributed by atoms with Crippen molar-refractivity contribution in [3.63, 3.8) is 0 Å². The summed E-state index contributed by atoms with van der Waals surface area (Å²) in [6.45, 7) is 5.64. The second-order valence-electron chi connectivity index (χ2n) is 6.69. The Hall–Kier alpha value is -1.20. The lowest BCUT2D eigenvalue weighted by atomic mass is 9.96. The van der Waals surface area contributed by atoms with Gasteiger partial charge in [0.05, 0.1) is 0 Å². The van der Waals surface area contributed by atoms with Crippen LogP contribution in [0.4, 0.5) is 8.78 Å². The van der Waals surface area contributed by atoms with Crippen molar-refractivity contribution in [2.45, 2.75) is 32.1 Å². The number of nitrogens with zero attached hydrogens (tertiary/aromatic N) is 1. The van der Waals surface area contributed by atoms with Crippen LogP contribution in [0.3, 0.4) is 0 Å². The van der Waals surface area contributed by atoms with Gasteiger partial charge in [0.1, 0.15) is 11.6 Å². The first-order valence-electron chi connectivity index (χ1n) is 8.54. The van der Waals surface area contributed by atoms with Crippen LogP contribution in [-0.4, -0.2) is 37.0 Å². The zero-order chi connectivity index (χ0) is 16.4. The van der Waals surface area contributed by atoms with Gasteiger partial charge in [0.25, 0.3) is 0 Å². The van der Waals surface area contributed by atoms with E-state index in [4.69, 9.17) is 0 Å². The highest BCUT2D eigenvalue weighted by Crippen LogP contribution is 2.49. The van der Waals surface area contributed by atoms with Crippen LogP contribution in [0, 0.1) is 23.5 Å². The highest BCUT2D eigenvalue weighted by molar-refractivity contribution is 5.85. The van der Waals surface area contributed by atoms with E-state index < -0.39 is 11.6 Å². The Kier molecular flexibility index (Phi) is 6.58. The lowest BCUT2D eigenvalue weighted by Gasteiger charge is -2.32. The molecule has 24 heavy (non-hydrogen) atoms. The van der Waals surface area contributed by atoms with E-state index in [0.29, 0.717) is 17.9 Å². The van der Waals surface area contributed by atoms with Gasteiger partial charge in [-0.1, -0.05) is 6.92 Å². The number of halogens is 3. The largest absolute Gasteiger partial charge is 0.342 e. The van der Waals surface area contributed by atoms with Crippen LogP contribution in [0.1, 0.15) is 37.7 Å². The summed E-state index contributed by atoms with van der Waals surface area (Å²) < 4.78 is 27.1.